The molecule has 3 heteroatoms. The number of nitrogens with one attached hydrogen (secondary N) is 1. The van der Waals surface area contributed by atoms with Gasteiger partial charge in [-0.25, -0.2) is 0 Å². The molecular weight excluding hydrogens is 200 g/mol. The number of likely N-dealkylation sites (N-methyl/N-ethyl adjacent to an activating group) is 2. The first kappa shape index (κ1) is 13.0. The average Bonchev–Trinajstić information content (AvgIpc) is 2.26. The minimum Gasteiger partial charge on any atom is -0.390 e. The Kier molecular flexibility index (Phi) is 5.29. The van der Waals surface area contributed by atoms with Crippen LogP contribution in [-0.4, -0.2) is 37.9 Å². The highest BCUT2D eigenvalue weighted by molar-refractivity contribution is 5.47. The van der Waals surface area contributed by atoms with Crippen molar-refractivity contribution in [3.8, 4) is 0 Å². The summed E-state index contributed by atoms with van der Waals surface area (Å²) in [5.74, 6) is 0. The molecule has 0 spiro atoms. The lowest BCUT2D eigenvalue weighted by Gasteiger charge is -2.23. The number of rotatable bonds is 6. The average molecular weight is 222 g/mol. The van der Waals surface area contributed by atoms with E-state index in [1.807, 2.05) is 20.0 Å². The Morgan fingerprint density at radius 1 is 1.44 bits per heavy atom. The summed E-state index contributed by atoms with van der Waals surface area (Å²) < 4.78 is 0. The number of hydrogen-bond acceptors (Lipinski definition) is 3. The fourth-order valence-corrected chi connectivity index (χ4v) is 1.66. The summed E-state index contributed by atoms with van der Waals surface area (Å²) in [5, 5.41) is 12.9. The van der Waals surface area contributed by atoms with Gasteiger partial charge in [-0.3, -0.25) is 0 Å². The number of hydrogen-bond donors (Lipinski definition) is 2. The van der Waals surface area contributed by atoms with Crippen LogP contribution in [0.3, 0.4) is 0 Å². The molecule has 1 aromatic carbocycles. The number of nitrogens with zero attached hydrogens (tertiary/aromatic N) is 1. The minimum absolute atomic E-state index is 0.328. The molecule has 0 aliphatic heterocycles. The van der Waals surface area contributed by atoms with E-state index in [2.05, 4.69) is 35.3 Å². The highest BCUT2D eigenvalue weighted by Crippen LogP contribution is 2.14. The molecule has 1 rings (SSSR count). The second-order valence-electron chi connectivity index (χ2n) is 4.18. The highest BCUT2D eigenvalue weighted by atomic mass is 16.3. The van der Waals surface area contributed by atoms with Gasteiger partial charge in [0, 0.05) is 25.8 Å². The molecule has 16 heavy (non-hydrogen) atoms. The van der Waals surface area contributed by atoms with Gasteiger partial charge in [-0.05, 0) is 31.2 Å². The lowest BCUT2D eigenvalue weighted by Crippen LogP contribution is -2.36. The Morgan fingerprint density at radius 3 is 2.81 bits per heavy atom. The predicted molar refractivity (Wildman–Crippen MR) is 69.0 cm³/mol. The van der Waals surface area contributed by atoms with Crippen LogP contribution in [0.2, 0.25) is 0 Å². The standard InChI is InChI=1S/C13H22N2O/c1-4-14-9-13(16)10-15(3)12-7-5-6-11(2)8-12/h5-8,13-14,16H,4,9-10H2,1-3H3. The van der Waals surface area contributed by atoms with Crippen LogP contribution in [-0.2, 0) is 0 Å². The molecule has 0 fully saturated rings. The minimum atomic E-state index is -0.328. The first-order valence-electron chi connectivity index (χ1n) is 5.80. The summed E-state index contributed by atoms with van der Waals surface area (Å²) in [4.78, 5) is 2.08. The van der Waals surface area contributed by atoms with E-state index in [4.69, 9.17) is 0 Å². The van der Waals surface area contributed by atoms with E-state index in [0.717, 1.165) is 12.2 Å². The third kappa shape index (κ3) is 4.21. The van der Waals surface area contributed by atoms with Gasteiger partial charge in [0.25, 0.3) is 0 Å². The molecule has 0 aromatic heterocycles. The third-order valence-corrected chi connectivity index (χ3v) is 2.56. The smallest absolute Gasteiger partial charge is 0.0839 e. The second kappa shape index (κ2) is 6.51. The maximum atomic E-state index is 9.78. The van der Waals surface area contributed by atoms with Crippen molar-refractivity contribution >= 4 is 5.69 Å². The topological polar surface area (TPSA) is 35.5 Å². The first-order chi connectivity index (χ1) is 7.63. The van der Waals surface area contributed by atoms with Crippen molar-refractivity contribution in [2.75, 3.05) is 31.6 Å². The van der Waals surface area contributed by atoms with Crippen LogP contribution in [0, 0.1) is 6.92 Å². The Morgan fingerprint density at radius 2 is 2.19 bits per heavy atom. The van der Waals surface area contributed by atoms with Crippen LogP contribution in [0.5, 0.6) is 0 Å². The number of anilines is 1. The third-order valence-electron chi connectivity index (χ3n) is 2.56. The van der Waals surface area contributed by atoms with Crippen molar-refractivity contribution in [1.29, 1.82) is 0 Å². The summed E-state index contributed by atoms with van der Waals surface area (Å²) in [6.45, 7) is 6.30. The van der Waals surface area contributed by atoms with Crippen LogP contribution in [0.1, 0.15) is 12.5 Å². The second-order valence-corrected chi connectivity index (χ2v) is 4.18. The number of aryl methyl sites for hydroxylation is 1. The van der Waals surface area contributed by atoms with Gasteiger partial charge in [-0.2, -0.15) is 0 Å². The normalized spacial score (nSPS) is 12.5. The van der Waals surface area contributed by atoms with Gasteiger partial charge in [0.15, 0.2) is 0 Å². The molecule has 0 amide bonds. The van der Waals surface area contributed by atoms with E-state index < -0.39 is 0 Å². The number of benzene rings is 1. The molecule has 0 heterocycles. The Bertz CT molecular complexity index is 315. The van der Waals surface area contributed by atoms with Crippen LogP contribution in [0.15, 0.2) is 24.3 Å². The van der Waals surface area contributed by atoms with E-state index in [1.165, 1.54) is 5.56 Å². The molecule has 3 nitrogen and oxygen atoms in total. The molecule has 0 saturated heterocycles. The summed E-state index contributed by atoms with van der Waals surface area (Å²) in [6, 6.07) is 8.30. The first-order valence-corrected chi connectivity index (χ1v) is 5.80. The molecule has 0 radical (unpaired) electrons. The molecule has 0 saturated carbocycles. The lowest BCUT2D eigenvalue weighted by molar-refractivity contribution is 0.179. The largest absolute Gasteiger partial charge is 0.390 e. The molecule has 0 aliphatic rings. The summed E-state index contributed by atoms with van der Waals surface area (Å²) >= 11 is 0. The van der Waals surface area contributed by atoms with Crippen LogP contribution in [0.25, 0.3) is 0 Å². The zero-order chi connectivity index (χ0) is 12.0. The van der Waals surface area contributed by atoms with Gasteiger partial charge in [-0.1, -0.05) is 19.1 Å². The fraction of sp³-hybridized carbons (Fsp3) is 0.538. The van der Waals surface area contributed by atoms with Gasteiger partial charge < -0.3 is 15.3 Å². The molecule has 1 unspecified atom stereocenters. The molecular formula is C13H22N2O. The molecule has 1 atom stereocenters. The quantitative estimate of drug-likeness (QED) is 0.764. The van der Waals surface area contributed by atoms with Gasteiger partial charge in [0.05, 0.1) is 6.10 Å². The van der Waals surface area contributed by atoms with Crippen molar-refractivity contribution in [2.24, 2.45) is 0 Å². The van der Waals surface area contributed by atoms with E-state index in [0.29, 0.717) is 13.1 Å². The fourth-order valence-electron chi connectivity index (χ4n) is 1.66. The van der Waals surface area contributed by atoms with Gasteiger partial charge in [-0.15, -0.1) is 0 Å². The monoisotopic (exact) mass is 222 g/mol. The predicted octanol–water partition coefficient (Wildman–Crippen LogP) is 1.40. The van der Waals surface area contributed by atoms with E-state index >= 15 is 0 Å². The maximum Gasteiger partial charge on any atom is 0.0839 e. The van der Waals surface area contributed by atoms with E-state index in [-0.39, 0.29) is 6.10 Å². The SMILES string of the molecule is CCNCC(O)CN(C)c1cccc(C)c1. The van der Waals surface area contributed by atoms with Gasteiger partial charge >= 0.3 is 0 Å². The van der Waals surface area contributed by atoms with Crippen molar-refractivity contribution < 1.29 is 5.11 Å². The summed E-state index contributed by atoms with van der Waals surface area (Å²) in [7, 11) is 2.00. The molecule has 2 N–H and O–H groups in total. The van der Waals surface area contributed by atoms with Crippen molar-refractivity contribution in [3.05, 3.63) is 29.8 Å². The zero-order valence-electron chi connectivity index (χ0n) is 10.4. The Labute approximate surface area is 98.1 Å². The number of aliphatic hydroxyl groups excluding tert-OH is 1. The maximum absolute atomic E-state index is 9.78. The van der Waals surface area contributed by atoms with Crippen molar-refractivity contribution in [1.82, 2.24) is 5.32 Å². The molecule has 0 bridgehead atoms. The van der Waals surface area contributed by atoms with Gasteiger partial charge in [0.1, 0.15) is 0 Å². The molecule has 1 aromatic rings. The zero-order valence-corrected chi connectivity index (χ0v) is 10.4. The van der Waals surface area contributed by atoms with Crippen LogP contribution in [0.4, 0.5) is 5.69 Å². The Balaban J connectivity index is 2.48. The lowest BCUT2D eigenvalue weighted by atomic mass is 10.2. The van der Waals surface area contributed by atoms with Crippen molar-refractivity contribution in [3.63, 3.8) is 0 Å². The van der Waals surface area contributed by atoms with E-state index in [9.17, 15) is 5.11 Å². The Hall–Kier alpha value is -1.06. The van der Waals surface area contributed by atoms with Crippen LogP contribution >= 0.6 is 0 Å². The van der Waals surface area contributed by atoms with Crippen molar-refractivity contribution in [2.45, 2.75) is 20.0 Å². The van der Waals surface area contributed by atoms with E-state index in [1.54, 1.807) is 0 Å². The summed E-state index contributed by atoms with van der Waals surface area (Å²) in [6.07, 6.45) is -0.328. The molecule has 0 aliphatic carbocycles. The molecule has 90 valence electrons. The number of aliphatic hydroxyl groups is 1. The van der Waals surface area contributed by atoms with Gasteiger partial charge in [0.2, 0.25) is 0 Å². The summed E-state index contributed by atoms with van der Waals surface area (Å²) in [5.41, 5.74) is 2.39. The highest BCUT2D eigenvalue weighted by Gasteiger charge is 2.08. The van der Waals surface area contributed by atoms with Crippen LogP contribution < -0.4 is 10.2 Å².